The first-order chi connectivity index (χ1) is 8.95. The number of hydrogen-bond donors (Lipinski definition) is 4. The Bertz CT molecular complexity index is 336. The average Bonchev–Trinajstić information content (AvgIpc) is 2.31. The smallest absolute Gasteiger partial charge is 0.790 e. The van der Waals surface area contributed by atoms with Gasteiger partial charge in [-0.1, -0.05) is 7.43 Å². The van der Waals surface area contributed by atoms with E-state index >= 15 is 0 Å². The molecule has 0 saturated carbocycles. The number of phosphoric acid groups is 2. The van der Waals surface area contributed by atoms with E-state index in [1.807, 2.05) is 0 Å². The molecule has 0 aliphatic carbocycles. The topological polar surface area (TPSA) is 257 Å². The predicted octanol–water partition coefficient (Wildman–Crippen LogP) is -17.8. The van der Waals surface area contributed by atoms with Gasteiger partial charge in [0.1, 0.15) is 12.2 Å². The summed E-state index contributed by atoms with van der Waals surface area (Å²) in [6, 6.07) is 0. The zero-order chi connectivity index (χ0) is 16.4. The van der Waals surface area contributed by atoms with Crippen molar-refractivity contribution in [1.29, 1.82) is 0 Å². The number of rotatable bonds is 8. The SMILES string of the molecule is C.O.O=P([O-])([O-])OC(CO)CO.O=P([O-])([O-])OCC(O)CO.[Na+].[Na+].[Na+].[Na+]. The molecule has 19 heteroatoms. The van der Waals surface area contributed by atoms with Crippen molar-refractivity contribution in [2.24, 2.45) is 0 Å². The molecule has 0 fully saturated rings. The van der Waals surface area contributed by atoms with Gasteiger partial charge >= 0.3 is 118 Å². The molecule has 0 aliphatic heterocycles. The summed E-state index contributed by atoms with van der Waals surface area (Å²) in [6.07, 6.45) is -2.66. The van der Waals surface area contributed by atoms with Gasteiger partial charge in [-0.2, -0.15) is 0 Å². The van der Waals surface area contributed by atoms with Crippen LogP contribution in [0.3, 0.4) is 0 Å². The first-order valence-electron chi connectivity index (χ1n) is 4.82. The van der Waals surface area contributed by atoms with Crippen LogP contribution in [0.4, 0.5) is 0 Å². The molecule has 0 aromatic carbocycles. The quantitative estimate of drug-likeness (QED) is 0.192. The predicted molar refractivity (Wildman–Crippen MR) is 63.6 cm³/mol. The van der Waals surface area contributed by atoms with Gasteiger partial charge < -0.3 is 63.7 Å². The maximum absolute atomic E-state index is 9.79. The molecule has 0 aliphatic rings. The molecule has 0 bridgehead atoms. The molecule has 0 heterocycles. The van der Waals surface area contributed by atoms with Crippen molar-refractivity contribution in [2.75, 3.05) is 26.4 Å². The van der Waals surface area contributed by atoms with Crippen LogP contribution < -0.4 is 138 Å². The maximum atomic E-state index is 9.79. The molecule has 0 spiro atoms. The molecule has 0 saturated heterocycles. The monoisotopic (exact) mass is 466 g/mol. The molecule has 1 unspecified atom stereocenters. The Labute approximate surface area is 240 Å². The third kappa shape index (κ3) is 46.3. The molecule has 0 aromatic rings. The van der Waals surface area contributed by atoms with E-state index in [0.717, 1.165) is 0 Å². The number of phosphoric ester groups is 2. The molecule has 140 valence electrons. The summed E-state index contributed by atoms with van der Waals surface area (Å²) in [6.45, 7) is -2.74. The molecule has 13 nitrogen and oxygen atoms in total. The van der Waals surface area contributed by atoms with E-state index in [4.69, 9.17) is 20.4 Å². The third-order valence-electron chi connectivity index (χ3n) is 1.32. The summed E-state index contributed by atoms with van der Waals surface area (Å²) in [5.41, 5.74) is 0. The van der Waals surface area contributed by atoms with Crippen LogP contribution in [0.2, 0.25) is 0 Å². The van der Waals surface area contributed by atoms with Crippen molar-refractivity contribution < 1.29 is 182 Å². The summed E-state index contributed by atoms with van der Waals surface area (Å²) in [7, 11) is -10.1. The molecule has 0 rings (SSSR count). The van der Waals surface area contributed by atoms with E-state index in [9.17, 15) is 28.7 Å². The van der Waals surface area contributed by atoms with E-state index < -0.39 is 54.3 Å². The van der Waals surface area contributed by atoms with Crippen LogP contribution in [0.15, 0.2) is 0 Å². The molecule has 0 radical (unpaired) electrons. The summed E-state index contributed by atoms with van der Waals surface area (Å²) in [4.78, 5) is 39.0. The summed E-state index contributed by atoms with van der Waals surface area (Å²) < 4.78 is 26.8. The van der Waals surface area contributed by atoms with Crippen LogP contribution in [-0.2, 0) is 18.2 Å². The van der Waals surface area contributed by atoms with Crippen molar-refractivity contribution in [3.05, 3.63) is 0 Å². The van der Waals surface area contributed by atoms with E-state index in [-0.39, 0.29) is 131 Å². The molecular formula is C7H20Na4O13P2. The second-order valence-electron chi connectivity index (χ2n) is 3.12. The van der Waals surface area contributed by atoms with Crippen LogP contribution in [0, 0.1) is 0 Å². The first kappa shape index (κ1) is 52.1. The minimum Gasteiger partial charge on any atom is -0.790 e. The van der Waals surface area contributed by atoms with Crippen molar-refractivity contribution in [3.63, 3.8) is 0 Å². The van der Waals surface area contributed by atoms with Crippen molar-refractivity contribution in [2.45, 2.75) is 19.6 Å². The average molecular weight is 466 g/mol. The fraction of sp³-hybridized carbons (Fsp3) is 1.00. The zero-order valence-electron chi connectivity index (χ0n) is 14.4. The normalized spacial score (nSPS) is 10.7. The summed E-state index contributed by atoms with van der Waals surface area (Å²) >= 11 is 0. The van der Waals surface area contributed by atoms with Gasteiger partial charge in [0, 0.05) is 0 Å². The van der Waals surface area contributed by atoms with E-state index in [1.54, 1.807) is 0 Å². The summed E-state index contributed by atoms with van der Waals surface area (Å²) in [5.74, 6) is 0. The van der Waals surface area contributed by atoms with Gasteiger partial charge in [0.15, 0.2) is 0 Å². The molecular weight excluding hydrogens is 446 g/mol. The van der Waals surface area contributed by atoms with E-state index in [0.29, 0.717) is 0 Å². The standard InChI is InChI=1S/2C3H9O6P.CH4.4Na.H2O/c4-1-3(5)2-9-10(6,7)8;4-1-3(2-5)9-10(6,7)8;;;;;;/h2*3-5H,1-2H2,(H2,6,7,8);1H4;;;;;1H2/q;;;4*+1;/p-4. The van der Waals surface area contributed by atoms with Gasteiger partial charge in [0.25, 0.3) is 0 Å². The minimum atomic E-state index is -5.07. The van der Waals surface area contributed by atoms with Gasteiger partial charge in [-0.3, -0.25) is 0 Å². The van der Waals surface area contributed by atoms with Gasteiger partial charge in [0.05, 0.1) is 42.1 Å². The Hall–Kier alpha value is 4.02. The Kier molecular flexibility index (Phi) is 58.2. The molecule has 1 atom stereocenters. The third-order valence-corrected chi connectivity index (χ3v) is 2.34. The molecule has 0 aromatic heterocycles. The summed E-state index contributed by atoms with van der Waals surface area (Å²) in [5, 5.41) is 33.0. The maximum Gasteiger partial charge on any atom is 1.00 e. The Morgan fingerprint density at radius 1 is 0.808 bits per heavy atom. The van der Waals surface area contributed by atoms with E-state index in [2.05, 4.69) is 9.05 Å². The fourth-order valence-electron chi connectivity index (χ4n) is 0.537. The van der Waals surface area contributed by atoms with Crippen molar-refractivity contribution in [1.82, 2.24) is 0 Å². The largest absolute Gasteiger partial charge is 1.00 e. The molecule has 6 N–H and O–H groups in total. The van der Waals surface area contributed by atoms with Crippen LogP contribution in [0.25, 0.3) is 0 Å². The first-order valence-corrected chi connectivity index (χ1v) is 7.75. The van der Waals surface area contributed by atoms with Crippen molar-refractivity contribution in [3.8, 4) is 0 Å². The van der Waals surface area contributed by atoms with E-state index in [1.165, 1.54) is 0 Å². The number of hydrogen-bond acceptors (Lipinski definition) is 12. The minimum absolute atomic E-state index is 0. The van der Waals surface area contributed by atoms with Crippen LogP contribution in [-0.4, -0.2) is 64.5 Å². The zero-order valence-corrected chi connectivity index (χ0v) is 24.2. The molecule has 0 amide bonds. The molecule has 26 heavy (non-hydrogen) atoms. The van der Waals surface area contributed by atoms with Gasteiger partial charge in [-0.15, -0.1) is 0 Å². The number of aliphatic hydroxyl groups is 4. The Balaban J connectivity index is -0.0000000337. The Morgan fingerprint density at radius 2 is 1.15 bits per heavy atom. The van der Waals surface area contributed by atoms with Crippen molar-refractivity contribution >= 4 is 15.6 Å². The van der Waals surface area contributed by atoms with Crippen LogP contribution >= 0.6 is 15.6 Å². The van der Waals surface area contributed by atoms with Gasteiger partial charge in [-0.25, -0.2) is 0 Å². The van der Waals surface area contributed by atoms with Gasteiger partial charge in [0.2, 0.25) is 0 Å². The second kappa shape index (κ2) is 29.0. The Morgan fingerprint density at radius 3 is 1.31 bits per heavy atom. The second-order valence-corrected chi connectivity index (χ2v) is 5.38. The van der Waals surface area contributed by atoms with Crippen LogP contribution in [0.5, 0.6) is 0 Å². The fourth-order valence-corrected chi connectivity index (χ4v) is 1.39. The number of aliphatic hydroxyl groups excluding tert-OH is 4. The van der Waals surface area contributed by atoms with Crippen LogP contribution in [0.1, 0.15) is 7.43 Å². The van der Waals surface area contributed by atoms with Gasteiger partial charge in [-0.05, 0) is 0 Å².